The van der Waals surface area contributed by atoms with Crippen LogP contribution in [0.4, 0.5) is 11.4 Å². The van der Waals surface area contributed by atoms with Crippen LogP contribution in [0, 0.1) is 0 Å². The van der Waals surface area contributed by atoms with Gasteiger partial charge in [-0.25, -0.2) is 16.8 Å². The van der Waals surface area contributed by atoms with Crippen molar-refractivity contribution in [1.82, 2.24) is 0 Å². The van der Waals surface area contributed by atoms with E-state index in [2.05, 4.69) is 0 Å². The minimum Gasteiger partial charge on any atom is -0.256 e. The summed E-state index contributed by atoms with van der Waals surface area (Å²) in [7, 11) is -7.79. The Kier molecular flexibility index (Phi) is 10.7. The standard InChI is InChI=1S/C50H42N4O4S2/c55-59(56,35-37-19-7-1-8-20-37)49-45(39-23-11-3-12-24-39)51-53(43-27-15-5-16-28-43)47(49)41-31-33-42(34-32-41)48-50(60(57,58)36-38-21-9-2-10-22-38)46(40-25-13-4-14-26-40)52-54(48)44-29-17-6-18-30-44/h1-34,47-50H,35-36H2. The van der Waals surface area contributed by atoms with Crippen molar-refractivity contribution < 1.29 is 16.8 Å². The van der Waals surface area contributed by atoms with E-state index in [1.54, 1.807) is 0 Å². The molecule has 10 heteroatoms. The maximum absolute atomic E-state index is 14.9. The molecule has 9 rings (SSSR count). The number of para-hydroxylation sites is 2. The molecule has 4 unspecified atom stereocenters. The van der Waals surface area contributed by atoms with Gasteiger partial charge >= 0.3 is 0 Å². The smallest absolute Gasteiger partial charge is 0.165 e. The first kappa shape index (κ1) is 38.9. The number of anilines is 2. The number of rotatable bonds is 12. The fourth-order valence-corrected chi connectivity index (χ4v) is 12.4. The van der Waals surface area contributed by atoms with E-state index in [9.17, 15) is 16.8 Å². The Bertz CT molecular complexity index is 2650. The lowest BCUT2D eigenvalue weighted by molar-refractivity contribution is 0.574. The van der Waals surface area contributed by atoms with E-state index in [1.165, 1.54) is 0 Å². The lowest BCUT2D eigenvalue weighted by atomic mass is 9.93. The monoisotopic (exact) mass is 826 g/mol. The van der Waals surface area contributed by atoms with Crippen LogP contribution in [-0.4, -0.2) is 38.8 Å². The third-order valence-corrected chi connectivity index (χ3v) is 15.0. The van der Waals surface area contributed by atoms with Crippen LogP contribution in [0.5, 0.6) is 0 Å². The van der Waals surface area contributed by atoms with Crippen LogP contribution >= 0.6 is 0 Å². The summed E-state index contributed by atoms with van der Waals surface area (Å²) in [6.45, 7) is 0. The van der Waals surface area contributed by atoms with E-state index >= 15 is 0 Å². The molecule has 2 aliphatic rings. The average Bonchev–Trinajstić information content (AvgIpc) is 3.91. The maximum Gasteiger partial charge on any atom is 0.165 e. The molecular weight excluding hydrogens is 785 g/mol. The van der Waals surface area contributed by atoms with E-state index < -0.39 is 42.3 Å². The Morgan fingerprint density at radius 1 is 0.367 bits per heavy atom. The predicted molar refractivity (Wildman–Crippen MR) is 241 cm³/mol. The Morgan fingerprint density at radius 2 is 0.650 bits per heavy atom. The van der Waals surface area contributed by atoms with Gasteiger partial charge in [-0.3, -0.25) is 10.0 Å². The average molecular weight is 827 g/mol. The molecule has 0 saturated carbocycles. The molecule has 0 aliphatic carbocycles. The fraction of sp³-hybridized carbons (Fsp3) is 0.120. The second-order valence-electron chi connectivity index (χ2n) is 15.0. The molecule has 2 heterocycles. The summed E-state index contributed by atoms with van der Waals surface area (Å²) in [5.41, 5.74) is 6.68. The minimum absolute atomic E-state index is 0.170. The second kappa shape index (κ2) is 16.6. The summed E-state index contributed by atoms with van der Waals surface area (Å²) in [5.74, 6) is -0.341. The fourth-order valence-electron chi connectivity index (χ4n) is 8.33. The topological polar surface area (TPSA) is 99.5 Å². The quantitative estimate of drug-likeness (QED) is 0.122. The van der Waals surface area contributed by atoms with Crippen molar-refractivity contribution in [2.75, 3.05) is 10.0 Å². The third-order valence-electron chi connectivity index (χ3n) is 11.1. The van der Waals surface area contributed by atoms with Gasteiger partial charge in [-0.15, -0.1) is 0 Å². The van der Waals surface area contributed by atoms with E-state index in [1.807, 2.05) is 216 Å². The van der Waals surface area contributed by atoms with E-state index in [0.717, 1.165) is 33.6 Å². The number of hydrazone groups is 2. The van der Waals surface area contributed by atoms with Gasteiger partial charge in [0.2, 0.25) is 0 Å². The van der Waals surface area contributed by atoms with Gasteiger partial charge in [0, 0.05) is 0 Å². The van der Waals surface area contributed by atoms with Crippen molar-refractivity contribution in [3.8, 4) is 0 Å². The van der Waals surface area contributed by atoms with Crippen molar-refractivity contribution in [2.45, 2.75) is 34.1 Å². The second-order valence-corrected chi connectivity index (χ2v) is 19.3. The highest BCUT2D eigenvalue weighted by Crippen LogP contribution is 2.44. The van der Waals surface area contributed by atoms with E-state index in [4.69, 9.17) is 10.2 Å². The molecule has 7 aromatic carbocycles. The summed E-state index contributed by atoms with van der Waals surface area (Å²) in [5, 5.41) is 11.8. The van der Waals surface area contributed by atoms with Gasteiger partial charge in [-0.05, 0) is 57.6 Å². The molecule has 0 spiro atoms. The summed E-state index contributed by atoms with van der Waals surface area (Å²) >= 11 is 0. The van der Waals surface area contributed by atoms with Crippen LogP contribution in [0.25, 0.3) is 0 Å². The van der Waals surface area contributed by atoms with Crippen molar-refractivity contribution in [3.63, 3.8) is 0 Å². The van der Waals surface area contributed by atoms with Crippen LogP contribution < -0.4 is 10.0 Å². The van der Waals surface area contributed by atoms with Crippen molar-refractivity contribution in [1.29, 1.82) is 0 Å². The number of benzene rings is 7. The zero-order chi connectivity index (χ0) is 41.1. The predicted octanol–water partition coefficient (Wildman–Crippen LogP) is 9.59. The largest absolute Gasteiger partial charge is 0.256 e. The molecule has 8 nitrogen and oxygen atoms in total. The minimum atomic E-state index is -3.89. The van der Waals surface area contributed by atoms with E-state index in [-0.39, 0.29) is 11.5 Å². The number of sulfone groups is 2. The molecule has 0 saturated heterocycles. The summed E-state index contributed by atoms with van der Waals surface area (Å²) in [4.78, 5) is 0. The zero-order valence-electron chi connectivity index (χ0n) is 32.6. The summed E-state index contributed by atoms with van der Waals surface area (Å²) in [6.07, 6.45) is 0. The molecule has 2 aliphatic heterocycles. The molecule has 60 heavy (non-hydrogen) atoms. The van der Waals surface area contributed by atoms with Gasteiger partial charge in [0.15, 0.2) is 19.7 Å². The number of hydrogen-bond acceptors (Lipinski definition) is 8. The zero-order valence-corrected chi connectivity index (χ0v) is 34.2. The van der Waals surface area contributed by atoms with Gasteiger partial charge in [0.05, 0.1) is 34.3 Å². The molecular formula is C50H42N4O4S2. The highest BCUT2D eigenvalue weighted by atomic mass is 32.2. The summed E-state index contributed by atoms with van der Waals surface area (Å²) in [6, 6.07) is 62.9. The van der Waals surface area contributed by atoms with Gasteiger partial charge in [0.25, 0.3) is 0 Å². The molecule has 298 valence electrons. The summed E-state index contributed by atoms with van der Waals surface area (Å²) < 4.78 is 59.6. The Morgan fingerprint density at radius 3 is 0.967 bits per heavy atom. The lowest BCUT2D eigenvalue weighted by Gasteiger charge is -2.31. The molecule has 0 aromatic heterocycles. The van der Waals surface area contributed by atoms with Gasteiger partial charge in [0.1, 0.15) is 22.6 Å². The van der Waals surface area contributed by atoms with Crippen LogP contribution in [0.1, 0.15) is 45.5 Å². The Hall–Kier alpha value is -6.62. The van der Waals surface area contributed by atoms with Gasteiger partial charge < -0.3 is 0 Å². The Balaban J connectivity index is 1.18. The third kappa shape index (κ3) is 7.79. The molecule has 0 fully saturated rings. The maximum atomic E-state index is 14.9. The molecule has 0 amide bonds. The molecule has 7 aromatic rings. The van der Waals surface area contributed by atoms with Gasteiger partial charge in [-0.2, -0.15) is 10.2 Å². The number of nitrogens with zero attached hydrogens (tertiary/aromatic N) is 4. The van der Waals surface area contributed by atoms with Crippen LogP contribution in [0.3, 0.4) is 0 Å². The van der Waals surface area contributed by atoms with Crippen LogP contribution in [0.15, 0.2) is 216 Å². The highest BCUT2D eigenvalue weighted by Gasteiger charge is 2.49. The SMILES string of the molecule is O=S(=O)(Cc1ccccc1)C1C(c2ccccc2)=NN(c2ccccc2)C1c1ccc(C2C(S(=O)(=O)Cc3ccccc3)C(c3ccccc3)=NN2c2ccccc2)cc1. The van der Waals surface area contributed by atoms with Crippen molar-refractivity contribution in [3.05, 3.63) is 240 Å². The van der Waals surface area contributed by atoms with E-state index in [0.29, 0.717) is 22.6 Å². The first-order valence-corrected chi connectivity index (χ1v) is 23.3. The molecule has 0 radical (unpaired) electrons. The van der Waals surface area contributed by atoms with Crippen LogP contribution in [0.2, 0.25) is 0 Å². The normalized spacial score (nSPS) is 19.2. The van der Waals surface area contributed by atoms with Crippen molar-refractivity contribution in [2.24, 2.45) is 10.2 Å². The molecule has 0 N–H and O–H groups in total. The van der Waals surface area contributed by atoms with Gasteiger partial charge in [-0.1, -0.05) is 182 Å². The highest BCUT2D eigenvalue weighted by molar-refractivity contribution is 7.92. The molecule has 4 atom stereocenters. The molecule has 0 bridgehead atoms. The number of hydrogen-bond donors (Lipinski definition) is 0. The van der Waals surface area contributed by atoms with Crippen LogP contribution in [-0.2, 0) is 31.2 Å². The van der Waals surface area contributed by atoms with Crippen molar-refractivity contribution >= 4 is 42.5 Å². The first-order chi connectivity index (χ1) is 29.3. The lowest BCUT2D eigenvalue weighted by Crippen LogP contribution is -2.38. The Labute approximate surface area is 351 Å². The first-order valence-electron chi connectivity index (χ1n) is 19.8.